The topological polar surface area (TPSA) is 63.6 Å². The summed E-state index contributed by atoms with van der Waals surface area (Å²) in [6.07, 6.45) is 8.56. The molecule has 2 aromatic rings. The molecule has 2 amide bonds. The van der Waals surface area contributed by atoms with Gasteiger partial charge in [0.1, 0.15) is 11.2 Å². The van der Waals surface area contributed by atoms with Gasteiger partial charge in [-0.2, -0.15) is 0 Å². The van der Waals surface area contributed by atoms with Crippen molar-refractivity contribution in [1.82, 2.24) is 14.8 Å². The van der Waals surface area contributed by atoms with Crippen LogP contribution in [-0.2, 0) is 22.5 Å². The third-order valence-electron chi connectivity index (χ3n) is 6.92. The molecule has 1 N–H and O–H groups in total. The number of thiophene rings is 1. The monoisotopic (exact) mass is 445 g/mol. The molecule has 0 bridgehead atoms. The molecule has 1 atom stereocenters. The smallest absolute Gasteiger partial charge is 0.271 e. The highest BCUT2D eigenvalue weighted by molar-refractivity contribution is 7.19. The predicted octanol–water partition coefficient (Wildman–Crippen LogP) is 4.36. The van der Waals surface area contributed by atoms with Crippen LogP contribution in [0.4, 0.5) is 0 Å². The Kier molecular flexibility index (Phi) is 6.72. The maximum absolute atomic E-state index is 13.7. The minimum Gasteiger partial charge on any atom is -0.385 e. The fraction of sp³-hybridized carbons (Fsp3) is 0.667. The molecule has 0 unspecified atom stereocenters. The number of hydrogen-bond acceptors (Lipinski definition) is 4. The minimum absolute atomic E-state index is 0.0244. The number of ether oxygens (including phenoxy) is 1. The van der Waals surface area contributed by atoms with Crippen molar-refractivity contribution in [2.75, 3.05) is 20.3 Å². The molecule has 3 heterocycles. The van der Waals surface area contributed by atoms with Crippen molar-refractivity contribution < 1.29 is 14.3 Å². The number of nitrogens with zero attached hydrogens (tertiary/aromatic N) is 2. The third-order valence-corrected chi connectivity index (χ3v) is 8.14. The standard InChI is InChI=1S/C24H35N3O3S/c1-4-18-14-19-21(31-18)15-20-22(28)27(12-9-13-30-3)24(2,16-26(19)20)23(29)25-17-10-7-5-6-8-11-17/h14-15,17H,4-13,16H2,1-3H3,(H,25,29)/t24-/m1/s1. The highest BCUT2D eigenvalue weighted by atomic mass is 32.1. The molecule has 1 aliphatic heterocycles. The number of carbonyl (C=O) groups excluding carboxylic acids is 2. The summed E-state index contributed by atoms with van der Waals surface area (Å²) < 4.78 is 8.43. The van der Waals surface area contributed by atoms with E-state index < -0.39 is 5.54 Å². The Bertz CT molecular complexity index is 941. The van der Waals surface area contributed by atoms with Crippen LogP contribution in [0.25, 0.3) is 10.2 Å². The Morgan fingerprint density at radius 2 is 2.00 bits per heavy atom. The van der Waals surface area contributed by atoms with E-state index in [4.69, 9.17) is 4.74 Å². The number of methoxy groups -OCH3 is 1. The number of aryl methyl sites for hydroxylation is 1. The van der Waals surface area contributed by atoms with Crippen LogP contribution in [0.5, 0.6) is 0 Å². The second-order valence-electron chi connectivity index (χ2n) is 9.17. The van der Waals surface area contributed by atoms with Gasteiger partial charge in [-0.15, -0.1) is 11.3 Å². The first-order valence-corrected chi connectivity index (χ1v) is 12.5. The molecule has 0 aromatic carbocycles. The number of fused-ring (bicyclic) bond motifs is 3. The van der Waals surface area contributed by atoms with Crippen molar-refractivity contribution in [3.8, 4) is 0 Å². The van der Waals surface area contributed by atoms with E-state index in [0.717, 1.165) is 42.3 Å². The summed E-state index contributed by atoms with van der Waals surface area (Å²) >= 11 is 1.74. The van der Waals surface area contributed by atoms with E-state index in [1.807, 2.05) is 13.0 Å². The van der Waals surface area contributed by atoms with E-state index in [9.17, 15) is 9.59 Å². The quantitative estimate of drug-likeness (QED) is 0.509. The first kappa shape index (κ1) is 22.3. The summed E-state index contributed by atoms with van der Waals surface area (Å²) in [5.41, 5.74) is 0.862. The van der Waals surface area contributed by atoms with Crippen LogP contribution in [0.2, 0.25) is 0 Å². The maximum atomic E-state index is 13.7. The number of hydrogen-bond donors (Lipinski definition) is 1. The molecule has 2 aliphatic rings. The Labute approximate surface area is 188 Å². The summed E-state index contributed by atoms with van der Waals surface area (Å²) in [4.78, 5) is 30.4. The van der Waals surface area contributed by atoms with Crippen LogP contribution in [0.3, 0.4) is 0 Å². The van der Waals surface area contributed by atoms with E-state index in [0.29, 0.717) is 31.8 Å². The van der Waals surface area contributed by atoms with Crippen molar-refractivity contribution in [2.24, 2.45) is 0 Å². The van der Waals surface area contributed by atoms with Crippen LogP contribution in [-0.4, -0.2) is 53.1 Å². The highest BCUT2D eigenvalue weighted by Crippen LogP contribution is 2.36. The van der Waals surface area contributed by atoms with Gasteiger partial charge in [-0.1, -0.05) is 32.6 Å². The van der Waals surface area contributed by atoms with Gasteiger partial charge in [-0.25, -0.2) is 0 Å². The predicted molar refractivity (Wildman–Crippen MR) is 125 cm³/mol. The second-order valence-corrected chi connectivity index (χ2v) is 10.3. The normalized spacial score (nSPS) is 22.5. The van der Waals surface area contributed by atoms with Crippen LogP contribution in [0.15, 0.2) is 12.1 Å². The van der Waals surface area contributed by atoms with E-state index in [1.54, 1.807) is 23.3 Å². The molecule has 1 fully saturated rings. The van der Waals surface area contributed by atoms with E-state index in [1.165, 1.54) is 17.7 Å². The Balaban J connectivity index is 1.66. The van der Waals surface area contributed by atoms with Gasteiger partial charge in [-0.3, -0.25) is 9.59 Å². The molecule has 6 nitrogen and oxygen atoms in total. The summed E-state index contributed by atoms with van der Waals surface area (Å²) in [5, 5.41) is 3.32. The molecule has 31 heavy (non-hydrogen) atoms. The molecular formula is C24H35N3O3S. The van der Waals surface area contributed by atoms with Crippen molar-refractivity contribution >= 4 is 33.4 Å². The number of carbonyl (C=O) groups is 2. The third kappa shape index (κ3) is 4.27. The lowest BCUT2D eigenvalue weighted by atomic mass is 9.93. The molecule has 1 saturated carbocycles. The number of aromatic nitrogens is 1. The Morgan fingerprint density at radius 3 is 2.68 bits per heavy atom. The van der Waals surface area contributed by atoms with Crippen LogP contribution in [0, 0.1) is 0 Å². The van der Waals surface area contributed by atoms with Crippen molar-refractivity contribution in [1.29, 1.82) is 0 Å². The molecule has 0 radical (unpaired) electrons. The zero-order valence-electron chi connectivity index (χ0n) is 19.0. The zero-order valence-corrected chi connectivity index (χ0v) is 19.9. The van der Waals surface area contributed by atoms with Crippen molar-refractivity contribution in [3.05, 3.63) is 22.7 Å². The van der Waals surface area contributed by atoms with Gasteiger partial charge < -0.3 is 19.5 Å². The Hall–Kier alpha value is -1.86. The van der Waals surface area contributed by atoms with Crippen LogP contribution < -0.4 is 5.32 Å². The van der Waals surface area contributed by atoms with E-state index in [2.05, 4.69) is 22.9 Å². The molecule has 2 aromatic heterocycles. The lowest BCUT2D eigenvalue weighted by molar-refractivity contribution is -0.133. The van der Waals surface area contributed by atoms with Gasteiger partial charge in [-0.05, 0) is 44.7 Å². The van der Waals surface area contributed by atoms with Crippen molar-refractivity contribution in [3.63, 3.8) is 0 Å². The van der Waals surface area contributed by atoms with Crippen LogP contribution >= 0.6 is 11.3 Å². The lowest BCUT2D eigenvalue weighted by Gasteiger charge is -2.44. The molecule has 1 aliphatic carbocycles. The SMILES string of the molecule is CCc1cc2c(cc3n2C[C@](C)(C(=O)NC2CCCCCC2)N(CCCOC)C3=O)s1. The summed E-state index contributed by atoms with van der Waals surface area (Å²) in [6, 6.07) is 4.40. The van der Waals surface area contributed by atoms with Gasteiger partial charge in [0.05, 0.1) is 16.8 Å². The minimum atomic E-state index is -0.912. The molecule has 0 spiro atoms. The zero-order chi connectivity index (χ0) is 22.0. The Morgan fingerprint density at radius 1 is 1.26 bits per heavy atom. The fourth-order valence-corrected chi connectivity index (χ4v) is 6.09. The summed E-state index contributed by atoms with van der Waals surface area (Å²) in [6.45, 7) is 5.66. The number of amides is 2. The number of nitrogens with one attached hydrogen (secondary N) is 1. The van der Waals surface area contributed by atoms with Crippen LogP contribution in [0.1, 0.15) is 74.2 Å². The lowest BCUT2D eigenvalue weighted by Crippen LogP contribution is -2.65. The van der Waals surface area contributed by atoms with E-state index in [-0.39, 0.29) is 17.9 Å². The number of rotatable bonds is 7. The van der Waals surface area contributed by atoms with Gasteiger partial charge >= 0.3 is 0 Å². The molecule has 170 valence electrons. The fourth-order valence-electron chi connectivity index (χ4n) is 5.04. The van der Waals surface area contributed by atoms with Crippen molar-refractivity contribution in [2.45, 2.75) is 83.3 Å². The van der Waals surface area contributed by atoms with Gasteiger partial charge in [0.2, 0.25) is 5.91 Å². The average Bonchev–Trinajstić information content (AvgIpc) is 3.19. The molecule has 4 rings (SSSR count). The average molecular weight is 446 g/mol. The van der Waals surface area contributed by atoms with E-state index >= 15 is 0 Å². The first-order valence-electron chi connectivity index (χ1n) is 11.7. The molecule has 7 heteroatoms. The summed E-state index contributed by atoms with van der Waals surface area (Å²) in [7, 11) is 1.67. The largest absolute Gasteiger partial charge is 0.385 e. The molecule has 0 saturated heterocycles. The maximum Gasteiger partial charge on any atom is 0.271 e. The second kappa shape index (κ2) is 9.33. The van der Waals surface area contributed by atoms with Gasteiger partial charge in [0, 0.05) is 31.2 Å². The summed E-state index contributed by atoms with van der Waals surface area (Å²) in [5.74, 6) is -0.0778. The highest BCUT2D eigenvalue weighted by Gasteiger charge is 2.48. The van der Waals surface area contributed by atoms with Gasteiger partial charge in [0.25, 0.3) is 5.91 Å². The first-order chi connectivity index (χ1) is 15.0. The van der Waals surface area contributed by atoms with Gasteiger partial charge in [0.15, 0.2) is 0 Å². The molecular weight excluding hydrogens is 410 g/mol.